The summed E-state index contributed by atoms with van der Waals surface area (Å²) in [6.07, 6.45) is 5.55. The maximum absolute atomic E-state index is 12.6. The van der Waals surface area contributed by atoms with E-state index in [1.807, 2.05) is 24.3 Å². The average Bonchev–Trinajstić information content (AvgIpc) is 2.95. The van der Waals surface area contributed by atoms with E-state index in [-0.39, 0.29) is 18.4 Å². The van der Waals surface area contributed by atoms with Crippen LogP contribution in [-0.2, 0) is 9.59 Å². The fourth-order valence-electron chi connectivity index (χ4n) is 3.77. The van der Waals surface area contributed by atoms with Gasteiger partial charge in [0.15, 0.2) is 0 Å². The van der Waals surface area contributed by atoms with Crippen molar-refractivity contribution in [1.82, 2.24) is 9.80 Å². The average molecular weight is 359 g/mol. The summed E-state index contributed by atoms with van der Waals surface area (Å²) in [6, 6.07) is 7.51. The van der Waals surface area contributed by atoms with Crippen LogP contribution in [0.5, 0.6) is 5.75 Å². The fraction of sp³-hybridized carbons (Fsp3) is 0.600. The van der Waals surface area contributed by atoms with Crippen molar-refractivity contribution in [2.45, 2.75) is 32.1 Å². The number of anilines is 1. The lowest BCUT2D eigenvalue weighted by atomic mass is 10.2. The summed E-state index contributed by atoms with van der Waals surface area (Å²) >= 11 is 0. The molecule has 0 N–H and O–H groups in total. The number of amides is 2. The van der Waals surface area contributed by atoms with Crippen LogP contribution in [0.4, 0.5) is 5.69 Å². The molecule has 1 aromatic rings. The molecule has 0 atom stereocenters. The first-order valence-corrected chi connectivity index (χ1v) is 9.62. The smallest absolute Gasteiger partial charge is 0.246 e. The molecular formula is C20H29N3O3. The number of rotatable bonds is 5. The number of carbonyl (C=O) groups is 2. The number of ether oxygens (including phenoxy) is 1. The van der Waals surface area contributed by atoms with Gasteiger partial charge >= 0.3 is 0 Å². The maximum atomic E-state index is 12.6. The largest absolute Gasteiger partial charge is 0.495 e. The van der Waals surface area contributed by atoms with E-state index in [9.17, 15) is 9.59 Å². The van der Waals surface area contributed by atoms with Gasteiger partial charge in [-0.15, -0.1) is 0 Å². The number of nitrogens with zero attached hydrogens (tertiary/aromatic N) is 3. The third-order valence-corrected chi connectivity index (χ3v) is 5.29. The number of piperazine rings is 1. The molecule has 2 saturated heterocycles. The van der Waals surface area contributed by atoms with E-state index in [0.29, 0.717) is 25.3 Å². The Morgan fingerprint density at radius 1 is 1.04 bits per heavy atom. The number of hydrogen-bond acceptors (Lipinski definition) is 4. The Morgan fingerprint density at radius 3 is 2.46 bits per heavy atom. The van der Waals surface area contributed by atoms with E-state index < -0.39 is 0 Å². The van der Waals surface area contributed by atoms with Crippen molar-refractivity contribution < 1.29 is 14.3 Å². The molecule has 1 aromatic carbocycles. The molecule has 0 aliphatic carbocycles. The summed E-state index contributed by atoms with van der Waals surface area (Å²) < 4.78 is 5.36. The van der Waals surface area contributed by atoms with Crippen LogP contribution in [0.2, 0.25) is 0 Å². The number of likely N-dealkylation sites (tertiary alicyclic amines) is 1. The highest BCUT2D eigenvalue weighted by molar-refractivity contribution is 5.99. The van der Waals surface area contributed by atoms with Crippen LogP contribution in [0.3, 0.4) is 0 Å². The van der Waals surface area contributed by atoms with E-state index >= 15 is 0 Å². The molecule has 6 heteroatoms. The van der Waals surface area contributed by atoms with Crippen molar-refractivity contribution >= 4 is 17.5 Å². The second-order valence-electron chi connectivity index (χ2n) is 7.04. The molecule has 26 heavy (non-hydrogen) atoms. The van der Waals surface area contributed by atoms with E-state index in [1.165, 1.54) is 25.7 Å². The van der Waals surface area contributed by atoms with Crippen molar-refractivity contribution in [1.29, 1.82) is 0 Å². The SMILES string of the molecule is COc1ccccc1N1CCN(C(=O)CCN2CCCCCC2)CC1=O. The summed E-state index contributed by atoms with van der Waals surface area (Å²) in [6.45, 7) is 4.22. The molecule has 0 aromatic heterocycles. The van der Waals surface area contributed by atoms with Gasteiger partial charge in [-0.1, -0.05) is 25.0 Å². The van der Waals surface area contributed by atoms with Gasteiger partial charge in [-0.05, 0) is 38.1 Å². The van der Waals surface area contributed by atoms with E-state index in [4.69, 9.17) is 4.74 Å². The second-order valence-corrected chi connectivity index (χ2v) is 7.04. The fourth-order valence-corrected chi connectivity index (χ4v) is 3.77. The van der Waals surface area contributed by atoms with Crippen LogP contribution in [0.1, 0.15) is 32.1 Å². The Labute approximate surface area is 155 Å². The number of hydrogen-bond donors (Lipinski definition) is 0. The van der Waals surface area contributed by atoms with Crippen LogP contribution in [0.15, 0.2) is 24.3 Å². The van der Waals surface area contributed by atoms with Crippen LogP contribution in [0.25, 0.3) is 0 Å². The Balaban J connectivity index is 1.53. The third kappa shape index (κ3) is 4.55. The molecule has 0 radical (unpaired) electrons. The maximum Gasteiger partial charge on any atom is 0.246 e. The first-order valence-electron chi connectivity index (χ1n) is 9.62. The van der Waals surface area contributed by atoms with E-state index in [2.05, 4.69) is 4.90 Å². The number of methoxy groups -OCH3 is 1. The predicted octanol–water partition coefficient (Wildman–Crippen LogP) is 2.14. The highest BCUT2D eigenvalue weighted by Crippen LogP contribution is 2.28. The lowest BCUT2D eigenvalue weighted by molar-refractivity contribution is -0.137. The lowest BCUT2D eigenvalue weighted by Crippen LogP contribution is -2.52. The zero-order valence-corrected chi connectivity index (χ0v) is 15.7. The molecule has 0 unspecified atom stereocenters. The molecule has 0 bridgehead atoms. The van der Waals surface area contributed by atoms with Gasteiger partial charge in [0.1, 0.15) is 12.3 Å². The topological polar surface area (TPSA) is 53.1 Å². The summed E-state index contributed by atoms with van der Waals surface area (Å²) in [7, 11) is 1.60. The summed E-state index contributed by atoms with van der Waals surface area (Å²) in [5.41, 5.74) is 0.775. The first-order chi connectivity index (χ1) is 12.7. The molecule has 2 fully saturated rings. The monoisotopic (exact) mass is 359 g/mol. The van der Waals surface area contributed by atoms with E-state index in [1.54, 1.807) is 16.9 Å². The second kappa shape index (κ2) is 9.03. The van der Waals surface area contributed by atoms with Gasteiger partial charge in [0, 0.05) is 26.1 Å². The van der Waals surface area contributed by atoms with Crippen molar-refractivity contribution in [3.05, 3.63) is 24.3 Å². The zero-order valence-electron chi connectivity index (χ0n) is 15.7. The molecule has 2 heterocycles. The Hall–Kier alpha value is -2.08. The van der Waals surface area contributed by atoms with Crippen molar-refractivity contribution in [3.8, 4) is 5.75 Å². The molecule has 142 valence electrons. The molecule has 0 saturated carbocycles. The Kier molecular flexibility index (Phi) is 6.50. The molecule has 0 spiro atoms. The minimum absolute atomic E-state index is 0.0520. The van der Waals surface area contributed by atoms with Crippen LogP contribution < -0.4 is 9.64 Å². The molecule has 2 amide bonds. The van der Waals surface area contributed by atoms with Gasteiger partial charge < -0.3 is 19.4 Å². The van der Waals surface area contributed by atoms with Crippen LogP contribution >= 0.6 is 0 Å². The Bertz CT molecular complexity index is 626. The van der Waals surface area contributed by atoms with E-state index in [0.717, 1.165) is 25.3 Å². The van der Waals surface area contributed by atoms with Gasteiger partial charge in [-0.2, -0.15) is 0 Å². The van der Waals surface area contributed by atoms with Crippen molar-refractivity contribution in [3.63, 3.8) is 0 Å². The van der Waals surface area contributed by atoms with Gasteiger partial charge in [-0.25, -0.2) is 0 Å². The third-order valence-electron chi connectivity index (χ3n) is 5.29. The summed E-state index contributed by atoms with van der Waals surface area (Å²) in [5, 5.41) is 0. The highest BCUT2D eigenvalue weighted by Gasteiger charge is 2.29. The van der Waals surface area contributed by atoms with Gasteiger partial charge in [0.25, 0.3) is 0 Å². The lowest BCUT2D eigenvalue weighted by Gasteiger charge is -2.35. The first kappa shape index (κ1) is 18.7. The zero-order chi connectivity index (χ0) is 18.4. The van der Waals surface area contributed by atoms with Crippen LogP contribution in [-0.4, -0.2) is 68.0 Å². The van der Waals surface area contributed by atoms with Crippen molar-refractivity contribution in [2.24, 2.45) is 0 Å². The number of carbonyl (C=O) groups excluding carboxylic acids is 2. The molecule has 6 nitrogen and oxygen atoms in total. The minimum atomic E-state index is -0.0520. The molecule has 3 rings (SSSR count). The summed E-state index contributed by atoms with van der Waals surface area (Å²) in [5.74, 6) is 0.716. The molecule has 2 aliphatic rings. The van der Waals surface area contributed by atoms with Crippen LogP contribution in [0, 0.1) is 0 Å². The van der Waals surface area contributed by atoms with Gasteiger partial charge in [0.2, 0.25) is 11.8 Å². The summed E-state index contributed by atoms with van der Waals surface area (Å²) in [4.78, 5) is 30.9. The predicted molar refractivity (Wildman–Crippen MR) is 101 cm³/mol. The normalized spacial score (nSPS) is 19.3. The van der Waals surface area contributed by atoms with Crippen molar-refractivity contribution in [2.75, 3.05) is 51.3 Å². The number of para-hydroxylation sites is 2. The highest BCUT2D eigenvalue weighted by atomic mass is 16.5. The molecular weight excluding hydrogens is 330 g/mol. The quantitative estimate of drug-likeness (QED) is 0.808. The standard InChI is InChI=1S/C20H29N3O3/c1-26-18-9-5-4-8-17(18)23-15-14-22(16-20(23)25)19(24)10-13-21-11-6-2-3-7-12-21/h4-5,8-9H,2-3,6-7,10-16H2,1H3. The molecule has 2 aliphatic heterocycles. The van der Waals surface area contributed by atoms with Gasteiger partial charge in [0.05, 0.1) is 12.8 Å². The minimum Gasteiger partial charge on any atom is -0.495 e. The van der Waals surface area contributed by atoms with Gasteiger partial charge in [-0.3, -0.25) is 9.59 Å². The Morgan fingerprint density at radius 2 is 1.77 bits per heavy atom. The number of benzene rings is 1.